The molecule has 0 spiro atoms. The first-order valence-corrected chi connectivity index (χ1v) is 9.59. The summed E-state index contributed by atoms with van der Waals surface area (Å²) in [5.41, 5.74) is 2.69. The van der Waals surface area contributed by atoms with E-state index in [4.69, 9.17) is 4.74 Å². The number of hydrogen-bond donors (Lipinski definition) is 2. The number of ketones is 1. The van der Waals surface area contributed by atoms with Crippen molar-refractivity contribution in [1.29, 1.82) is 0 Å². The number of benzene rings is 2. The Balaban J connectivity index is 1.24. The number of aromatic nitrogens is 2. The van der Waals surface area contributed by atoms with Crippen LogP contribution in [0.25, 0.3) is 11.0 Å². The number of nitrogens with one attached hydrogen (secondary N) is 2. The van der Waals surface area contributed by atoms with Gasteiger partial charge in [-0.2, -0.15) is 0 Å². The van der Waals surface area contributed by atoms with Crippen LogP contribution in [0.1, 0.15) is 41.9 Å². The van der Waals surface area contributed by atoms with Gasteiger partial charge in [-0.15, -0.1) is 0 Å². The predicted octanol–water partition coefficient (Wildman–Crippen LogP) is 3.64. The van der Waals surface area contributed by atoms with Crippen molar-refractivity contribution in [3.8, 4) is 0 Å². The topological polar surface area (TPSA) is 84.1 Å². The summed E-state index contributed by atoms with van der Waals surface area (Å²) in [5, 5.41) is 2.86. The summed E-state index contributed by atoms with van der Waals surface area (Å²) in [4.78, 5) is 31.2. The van der Waals surface area contributed by atoms with E-state index in [0.29, 0.717) is 25.4 Å². The summed E-state index contributed by atoms with van der Waals surface area (Å²) < 4.78 is 5.45. The number of nitrogens with zero attached hydrogens (tertiary/aromatic N) is 1. The Labute approximate surface area is 164 Å². The molecule has 0 aliphatic carbocycles. The molecule has 0 saturated heterocycles. The molecule has 3 rings (SSSR count). The normalized spacial score (nSPS) is 10.9. The number of ether oxygens (including phenoxy) is 1. The van der Waals surface area contributed by atoms with Crippen molar-refractivity contribution in [2.75, 3.05) is 13.2 Å². The van der Waals surface area contributed by atoms with Crippen LogP contribution in [-0.4, -0.2) is 34.8 Å². The Morgan fingerprint density at radius 3 is 2.57 bits per heavy atom. The number of aromatic amines is 1. The number of fused-ring (bicyclic) bond motifs is 1. The second kappa shape index (κ2) is 10.4. The SMILES string of the molecule is O=C(CCCCCNC(=O)c1nc2ccccc2[nH]1)COCc1ccccc1. The maximum atomic E-state index is 12.1. The number of para-hydroxylation sites is 2. The fraction of sp³-hybridized carbons (Fsp3) is 0.318. The molecule has 2 aromatic carbocycles. The van der Waals surface area contributed by atoms with E-state index in [1.165, 1.54) is 0 Å². The van der Waals surface area contributed by atoms with Gasteiger partial charge in [0.25, 0.3) is 5.91 Å². The highest BCUT2D eigenvalue weighted by Crippen LogP contribution is 2.10. The van der Waals surface area contributed by atoms with Gasteiger partial charge in [-0.1, -0.05) is 48.9 Å². The third-order valence-corrected chi connectivity index (χ3v) is 4.40. The van der Waals surface area contributed by atoms with E-state index in [-0.39, 0.29) is 18.3 Å². The number of imidazole rings is 1. The molecule has 0 unspecified atom stereocenters. The number of amides is 1. The van der Waals surface area contributed by atoms with Gasteiger partial charge in [-0.05, 0) is 30.5 Å². The highest BCUT2D eigenvalue weighted by atomic mass is 16.5. The lowest BCUT2D eigenvalue weighted by molar-refractivity contribution is -0.124. The maximum Gasteiger partial charge on any atom is 0.287 e. The van der Waals surface area contributed by atoms with Crippen molar-refractivity contribution in [2.45, 2.75) is 32.3 Å². The van der Waals surface area contributed by atoms with Gasteiger partial charge in [0.15, 0.2) is 11.6 Å². The smallest absolute Gasteiger partial charge is 0.287 e. The molecule has 6 heteroatoms. The Morgan fingerprint density at radius 1 is 0.964 bits per heavy atom. The Morgan fingerprint density at radius 2 is 1.75 bits per heavy atom. The molecule has 1 heterocycles. The molecule has 28 heavy (non-hydrogen) atoms. The van der Waals surface area contributed by atoms with E-state index in [9.17, 15) is 9.59 Å². The molecule has 146 valence electrons. The number of Topliss-reactive ketones (excluding diaryl/α,β-unsaturated/α-hetero) is 1. The summed E-state index contributed by atoms with van der Waals surface area (Å²) in [5.74, 6) is 0.232. The molecule has 0 saturated carbocycles. The highest BCUT2D eigenvalue weighted by Gasteiger charge is 2.10. The van der Waals surface area contributed by atoms with Crippen molar-refractivity contribution in [2.24, 2.45) is 0 Å². The molecule has 0 radical (unpaired) electrons. The molecule has 2 N–H and O–H groups in total. The monoisotopic (exact) mass is 379 g/mol. The fourth-order valence-electron chi connectivity index (χ4n) is 2.90. The van der Waals surface area contributed by atoms with Gasteiger partial charge >= 0.3 is 0 Å². The minimum absolute atomic E-state index is 0.113. The van der Waals surface area contributed by atoms with E-state index in [2.05, 4.69) is 15.3 Å². The third-order valence-electron chi connectivity index (χ3n) is 4.40. The summed E-state index contributed by atoms with van der Waals surface area (Å²) in [6.07, 6.45) is 3.01. The number of H-pyrrole nitrogens is 1. The number of carbonyl (C=O) groups is 2. The molecular weight excluding hydrogens is 354 g/mol. The van der Waals surface area contributed by atoms with E-state index in [0.717, 1.165) is 35.9 Å². The first-order valence-electron chi connectivity index (χ1n) is 9.59. The van der Waals surface area contributed by atoms with Crippen LogP contribution in [0.2, 0.25) is 0 Å². The van der Waals surface area contributed by atoms with Crippen LogP contribution in [0, 0.1) is 0 Å². The van der Waals surface area contributed by atoms with Crippen LogP contribution in [-0.2, 0) is 16.1 Å². The number of carbonyl (C=O) groups excluding carboxylic acids is 2. The van der Waals surface area contributed by atoms with E-state index in [1.54, 1.807) is 0 Å². The number of rotatable bonds is 11. The van der Waals surface area contributed by atoms with Crippen LogP contribution in [0.5, 0.6) is 0 Å². The lowest BCUT2D eigenvalue weighted by atomic mass is 10.1. The van der Waals surface area contributed by atoms with Gasteiger partial charge in [0.2, 0.25) is 0 Å². The molecular formula is C22H25N3O3. The molecule has 6 nitrogen and oxygen atoms in total. The first kappa shape index (κ1) is 19.8. The van der Waals surface area contributed by atoms with Crippen LogP contribution in [0.3, 0.4) is 0 Å². The summed E-state index contributed by atoms with van der Waals surface area (Å²) in [6, 6.07) is 17.3. The molecule has 0 bridgehead atoms. The second-order valence-corrected chi connectivity index (χ2v) is 6.69. The fourth-order valence-corrected chi connectivity index (χ4v) is 2.90. The van der Waals surface area contributed by atoms with Gasteiger partial charge < -0.3 is 15.0 Å². The van der Waals surface area contributed by atoms with E-state index in [1.807, 2.05) is 54.6 Å². The minimum Gasteiger partial charge on any atom is -0.369 e. The summed E-state index contributed by atoms with van der Waals surface area (Å²) in [6.45, 7) is 1.17. The van der Waals surface area contributed by atoms with E-state index >= 15 is 0 Å². The zero-order valence-electron chi connectivity index (χ0n) is 15.8. The quantitative estimate of drug-likeness (QED) is 0.498. The molecule has 0 fully saturated rings. The van der Waals surface area contributed by atoms with Gasteiger partial charge in [-0.25, -0.2) is 4.98 Å². The zero-order chi connectivity index (χ0) is 19.6. The largest absolute Gasteiger partial charge is 0.369 e. The Hall–Kier alpha value is -2.99. The summed E-state index contributed by atoms with van der Waals surface area (Å²) in [7, 11) is 0. The molecule has 3 aromatic rings. The third kappa shape index (κ3) is 6.03. The van der Waals surface area contributed by atoms with Gasteiger partial charge in [0, 0.05) is 13.0 Å². The van der Waals surface area contributed by atoms with Gasteiger partial charge in [0.1, 0.15) is 6.61 Å². The van der Waals surface area contributed by atoms with Crippen LogP contribution >= 0.6 is 0 Å². The number of hydrogen-bond acceptors (Lipinski definition) is 4. The average Bonchev–Trinajstić information content (AvgIpc) is 3.15. The second-order valence-electron chi connectivity index (χ2n) is 6.69. The Bertz CT molecular complexity index is 873. The van der Waals surface area contributed by atoms with E-state index < -0.39 is 0 Å². The molecule has 0 aliphatic rings. The summed E-state index contributed by atoms with van der Waals surface area (Å²) >= 11 is 0. The van der Waals surface area contributed by atoms with Crippen LogP contribution in [0.4, 0.5) is 0 Å². The highest BCUT2D eigenvalue weighted by molar-refractivity contribution is 5.94. The molecule has 1 amide bonds. The molecule has 0 aliphatic heterocycles. The van der Waals surface area contributed by atoms with Crippen molar-refractivity contribution < 1.29 is 14.3 Å². The lowest BCUT2D eigenvalue weighted by Gasteiger charge is -2.05. The Kier molecular flexibility index (Phi) is 7.32. The number of unbranched alkanes of at least 4 members (excludes halogenated alkanes) is 2. The van der Waals surface area contributed by atoms with Crippen molar-refractivity contribution in [3.63, 3.8) is 0 Å². The minimum atomic E-state index is -0.207. The van der Waals surface area contributed by atoms with Crippen molar-refractivity contribution in [1.82, 2.24) is 15.3 Å². The zero-order valence-corrected chi connectivity index (χ0v) is 15.8. The maximum absolute atomic E-state index is 12.1. The first-order chi connectivity index (χ1) is 13.7. The van der Waals surface area contributed by atoms with Crippen LogP contribution < -0.4 is 5.32 Å². The van der Waals surface area contributed by atoms with Gasteiger partial charge in [-0.3, -0.25) is 9.59 Å². The molecule has 1 aromatic heterocycles. The van der Waals surface area contributed by atoms with Gasteiger partial charge in [0.05, 0.1) is 17.6 Å². The predicted molar refractivity (Wildman–Crippen MR) is 108 cm³/mol. The lowest BCUT2D eigenvalue weighted by Crippen LogP contribution is -2.25. The standard InChI is InChI=1S/C22H25N3O3/c26-18(16-28-15-17-9-3-1-4-10-17)11-5-2-8-14-23-22(27)21-24-19-12-6-7-13-20(19)25-21/h1,3-4,6-7,9-10,12-13H,2,5,8,11,14-16H2,(H,23,27)(H,24,25). The molecule has 0 atom stereocenters. The van der Waals surface area contributed by atoms with Crippen molar-refractivity contribution in [3.05, 3.63) is 66.0 Å². The average molecular weight is 379 g/mol. The van der Waals surface area contributed by atoms with Crippen molar-refractivity contribution >= 4 is 22.7 Å². The van der Waals surface area contributed by atoms with Crippen LogP contribution in [0.15, 0.2) is 54.6 Å².